The molecule has 1 amide bonds. The molecule has 0 radical (unpaired) electrons. The molecule has 5 nitrogen and oxygen atoms in total. The minimum atomic E-state index is -0.276. The Labute approximate surface area is 175 Å². The van der Waals surface area contributed by atoms with Crippen molar-refractivity contribution in [2.24, 2.45) is 0 Å². The van der Waals surface area contributed by atoms with Crippen LogP contribution >= 0.6 is 11.8 Å². The van der Waals surface area contributed by atoms with Crippen LogP contribution in [0, 0.1) is 5.82 Å². The number of hydrogen-bond donors (Lipinski definition) is 1. The van der Waals surface area contributed by atoms with E-state index in [2.05, 4.69) is 9.97 Å². The number of nitrogens with zero attached hydrogens (tertiary/aromatic N) is 2. The molecule has 1 heterocycles. The van der Waals surface area contributed by atoms with Gasteiger partial charge >= 0.3 is 0 Å². The highest BCUT2D eigenvalue weighted by Crippen LogP contribution is 2.25. The predicted octanol–water partition coefficient (Wildman–Crippen LogP) is 4.32. The van der Waals surface area contributed by atoms with Crippen LogP contribution in [-0.4, -0.2) is 32.6 Å². The first-order valence-electron chi connectivity index (χ1n) is 10.3. The molecule has 1 aliphatic carbocycles. The van der Waals surface area contributed by atoms with E-state index in [0.29, 0.717) is 11.7 Å². The summed E-state index contributed by atoms with van der Waals surface area (Å²) in [6.45, 7) is 2.51. The van der Waals surface area contributed by atoms with E-state index in [1.807, 2.05) is 11.8 Å². The van der Waals surface area contributed by atoms with E-state index in [1.165, 1.54) is 36.4 Å². The predicted molar refractivity (Wildman–Crippen MR) is 113 cm³/mol. The Morgan fingerprint density at radius 2 is 1.97 bits per heavy atom. The van der Waals surface area contributed by atoms with Crippen molar-refractivity contribution in [3.63, 3.8) is 0 Å². The molecule has 0 atom stereocenters. The lowest BCUT2D eigenvalue weighted by molar-refractivity contribution is -0.132. The molecule has 1 aromatic carbocycles. The number of aryl methyl sites for hydroxylation is 1. The monoisotopic (exact) mass is 417 g/mol. The molecule has 0 unspecified atom stereocenters. The van der Waals surface area contributed by atoms with Crippen LogP contribution in [0.1, 0.15) is 56.7 Å². The molecule has 1 fully saturated rings. The summed E-state index contributed by atoms with van der Waals surface area (Å²) < 4.78 is 13.2. The molecule has 0 bridgehead atoms. The minimum Gasteiger partial charge on any atom is -0.335 e. The SMILES string of the molecule is CCCc1cc(=O)[nH]c(SCC(=O)N(Cc2ccc(F)cc2)C2CCCCC2)n1. The molecule has 1 aliphatic rings. The van der Waals surface area contributed by atoms with Crippen molar-refractivity contribution >= 4 is 17.7 Å². The second-order valence-electron chi connectivity index (χ2n) is 7.52. The van der Waals surface area contributed by atoms with Crippen LogP contribution in [0.3, 0.4) is 0 Å². The van der Waals surface area contributed by atoms with Gasteiger partial charge in [-0.1, -0.05) is 56.5 Å². The van der Waals surface area contributed by atoms with E-state index in [4.69, 9.17) is 0 Å². The molecule has 1 N–H and O–H groups in total. The molecule has 3 rings (SSSR count). The molecule has 7 heteroatoms. The third kappa shape index (κ3) is 6.42. The lowest BCUT2D eigenvalue weighted by Crippen LogP contribution is -2.42. The van der Waals surface area contributed by atoms with Crippen molar-refractivity contribution in [2.75, 3.05) is 5.75 Å². The Hall–Kier alpha value is -2.15. The summed E-state index contributed by atoms with van der Waals surface area (Å²) in [6, 6.07) is 8.05. The molecular formula is C22H28FN3O2S. The fourth-order valence-electron chi connectivity index (χ4n) is 3.75. The zero-order chi connectivity index (χ0) is 20.6. The number of thioether (sulfide) groups is 1. The molecule has 0 spiro atoms. The van der Waals surface area contributed by atoms with Gasteiger partial charge in [0.15, 0.2) is 5.16 Å². The van der Waals surface area contributed by atoms with Gasteiger partial charge in [0.25, 0.3) is 5.56 Å². The molecular weight excluding hydrogens is 389 g/mol. The number of H-pyrrole nitrogens is 1. The van der Waals surface area contributed by atoms with Crippen LogP contribution < -0.4 is 5.56 Å². The Kier molecular flexibility index (Phi) is 7.86. The van der Waals surface area contributed by atoms with E-state index in [0.717, 1.165) is 49.8 Å². The van der Waals surface area contributed by atoms with Gasteiger partial charge < -0.3 is 9.88 Å². The maximum atomic E-state index is 13.2. The van der Waals surface area contributed by atoms with Crippen molar-refractivity contribution in [1.29, 1.82) is 0 Å². The Morgan fingerprint density at radius 1 is 1.24 bits per heavy atom. The van der Waals surface area contributed by atoms with Gasteiger partial charge in [0.05, 0.1) is 5.75 Å². The summed E-state index contributed by atoms with van der Waals surface area (Å²) in [5.74, 6) is -0.0347. The molecule has 0 saturated heterocycles. The summed E-state index contributed by atoms with van der Waals surface area (Å²) in [5, 5.41) is 0.486. The lowest BCUT2D eigenvalue weighted by Gasteiger charge is -2.34. The van der Waals surface area contributed by atoms with Crippen molar-refractivity contribution in [2.45, 2.75) is 69.6 Å². The van der Waals surface area contributed by atoms with Gasteiger partial charge in [-0.2, -0.15) is 0 Å². The van der Waals surface area contributed by atoms with Crippen LogP contribution in [0.15, 0.2) is 40.3 Å². The first-order chi connectivity index (χ1) is 14.0. The minimum absolute atomic E-state index is 0.0229. The van der Waals surface area contributed by atoms with E-state index < -0.39 is 0 Å². The van der Waals surface area contributed by atoms with E-state index in [1.54, 1.807) is 12.1 Å². The average Bonchev–Trinajstić information content (AvgIpc) is 2.72. The van der Waals surface area contributed by atoms with Gasteiger partial charge in [-0.25, -0.2) is 9.37 Å². The van der Waals surface area contributed by atoms with Gasteiger partial charge in [0, 0.05) is 24.3 Å². The highest BCUT2D eigenvalue weighted by Gasteiger charge is 2.25. The normalized spacial score (nSPS) is 14.7. The Morgan fingerprint density at radius 3 is 2.66 bits per heavy atom. The molecule has 2 aromatic rings. The third-order valence-electron chi connectivity index (χ3n) is 5.21. The molecule has 156 valence electrons. The van der Waals surface area contributed by atoms with E-state index in [-0.39, 0.29) is 29.1 Å². The number of amides is 1. The fourth-order valence-corrected chi connectivity index (χ4v) is 4.53. The van der Waals surface area contributed by atoms with Gasteiger partial charge in [-0.3, -0.25) is 9.59 Å². The highest BCUT2D eigenvalue weighted by atomic mass is 32.2. The van der Waals surface area contributed by atoms with Crippen LogP contribution in [0.25, 0.3) is 0 Å². The second kappa shape index (κ2) is 10.6. The van der Waals surface area contributed by atoms with E-state index >= 15 is 0 Å². The zero-order valence-electron chi connectivity index (χ0n) is 16.8. The number of rotatable bonds is 8. The Balaban J connectivity index is 1.70. The quantitative estimate of drug-likeness (QED) is 0.513. The molecule has 1 saturated carbocycles. The van der Waals surface area contributed by atoms with Crippen LogP contribution in [0.2, 0.25) is 0 Å². The smallest absolute Gasteiger partial charge is 0.251 e. The fraction of sp³-hybridized carbons (Fsp3) is 0.500. The van der Waals surface area contributed by atoms with E-state index in [9.17, 15) is 14.0 Å². The lowest BCUT2D eigenvalue weighted by atomic mass is 9.94. The largest absolute Gasteiger partial charge is 0.335 e. The third-order valence-corrected chi connectivity index (χ3v) is 6.07. The number of carbonyl (C=O) groups is 1. The van der Waals surface area contributed by atoms with Gasteiger partial charge in [0.1, 0.15) is 5.82 Å². The maximum absolute atomic E-state index is 13.2. The first kappa shape index (κ1) is 21.6. The van der Waals surface area contributed by atoms with Crippen molar-refractivity contribution in [3.8, 4) is 0 Å². The maximum Gasteiger partial charge on any atom is 0.251 e. The number of halogens is 1. The molecule has 29 heavy (non-hydrogen) atoms. The number of nitrogens with one attached hydrogen (secondary N) is 1. The topological polar surface area (TPSA) is 66.1 Å². The van der Waals surface area contributed by atoms with Gasteiger partial charge in [-0.15, -0.1) is 0 Å². The zero-order valence-corrected chi connectivity index (χ0v) is 17.6. The summed E-state index contributed by atoms with van der Waals surface area (Å²) in [6.07, 6.45) is 7.10. The van der Waals surface area contributed by atoms with Crippen LogP contribution in [0.5, 0.6) is 0 Å². The molecule has 1 aromatic heterocycles. The number of aromatic nitrogens is 2. The number of hydrogen-bond acceptors (Lipinski definition) is 4. The summed E-state index contributed by atoms with van der Waals surface area (Å²) in [5.41, 5.74) is 1.49. The molecule has 0 aliphatic heterocycles. The van der Waals surface area contributed by atoms with Crippen molar-refractivity contribution in [1.82, 2.24) is 14.9 Å². The second-order valence-corrected chi connectivity index (χ2v) is 8.48. The Bertz CT molecular complexity index is 863. The highest BCUT2D eigenvalue weighted by molar-refractivity contribution is 7.99. The number of benzene rings is 1. The van der Waals surface area contributed by atoms with Crippen LogP contribution in [-0.2, 0) is 17.8 Å². The standard InChI is InChI=1S/C22H28FN3O2S/c1-2-6-18-13-20(27)25-22(24-18)29-15-21(28)26(19-7-4-3-5-8-19)14-16-9-11-17(23)12-10-16/h9-13,19H,2-8,14-15H2,1H3,(H,24,25,27). The number of carbonyl (C=O) groups excluding carboxylic acids is 1. The van der Waals surface area contributed by atoms with Crippen molar-refractivity contribution < 1.29 is 9.18 Å². The summed E-state index contributed by atoms with van der Waals surface area (Å²) >= 11 is 1.27. The first-order valence-corrected chi connectivity index (χ1v) is 11.3. The van der Waals surface area contributed by atoms with Crippen LogP contribution in [0.4, 0.5) is 4.39 Å². The number of aromatic amines is 1. The summed E-state index contributed by atoms with van der Waals surface area (Å²) in [7, 11) is 0. The van der Waals surface area contributed by atoms with Crippen molar-refractivity contribution in [3.05, 3.63) is 57.8 Å². The van der Waals surface area contributed by atoms with Gasteiger partial charge in [0.2, 0.25) is 5.91 Å². The average molecular weight is 418 g/mol. The summed E-state index contributed by atoms with van der Waals surface area (Å²) in [4.78, 5) is 34.0. The van der Waals surface area contributed by atoms with Gasteiger partial charge in [-0.05, 0) is 37.0 Å².